The quantitative estimate of drug-likeness (QED) is 0.876. The van der Waals surface area contributed by atoms with Crippen LogP contribution >= 0.6 is 0 Å². The van der Waals surface area contributed by atoms with E-state index >= 15 is 0 Å². The molecule has 1 aliphatic rings. The molecule has 2 N–H and O–H groups in total. The minimum absolute atomic E-state index is 0.00787. The Balaban J connectivity index is 2.00. The summed E-state index contributed by atoms with van der Waals surface area (Å²) < 4.78 is 0. The van der Waals surface area contributed by atoms with Gasteiger partial charge < -0.3 is 10.6 Å². The number of rotatable bonds is 4. The van der Waals surface area contributed by atoms with Crippen molar-refractivity contribution in [1.82, 2.24) is 10.3 Å². The summed E-state index contributed by atoms with van der Waals surface area (Å²) in [7, 11) is 1.81. The summed E-state index contributed by atoms with van der Waals surface area (Å²) in [6.07, 6.45) is 9.29. The Morgan fingerprint density at radius 3 is 3.05 bits per heavy atom. The summed E-state index contributed by atoms with van der Waals surface area (Å²) in [6, 6.07) is 2.09. The Morgan fingerprint density at radius 1 is 1.47 bits per heavy atom. The number of anilines is 1. The summed E-state index contributed by atoms with van der Waals surface area (Å²) in [5, 5.41) is 6.18. The Labute approximate surface area is 115 Å². The van der Waals surface area contributed by atoms with Crippen molar-refractivity contribution in [3.8, 4) is 0 Å². The van der Waals surface area contributed by atoms with Gasteiger partial charge in [0.15, 0.2) is 0 Å². The second-order valence-electron chi connectivity index (χ2n) is 5.28. The average molecular weight is 261 g/mol. The lowest BCUT2D eigenvalue weighted by atomic mass is 9.84. The molecule has 19 heavy (non-hydrogen) atoms. The predicted octanol–water partition coefficient (Wildman–Crippen LogP) is 2.82. The van der Waals surface area contributed by atoms with Crippen LogP contribution in [0.5, 0.6) is 0 Å². The third-order valence-electron chi connectivity index (χ3n) is 4.03. The zero-order valence-corrected chi connectivity index (χ0v) is 11.8. The van der Waals surface area contributed by atoms with Gasteiger partial charge in [0, 0.05) is 19.3 Å². The maximum Gasteiger partial charge on any atom is 0.253 e. The van der Waals surface area contributed by atoms with E-state index < -0.39 is 0 Å². The molecule has 1 aromatic rings. The first-order valence-electron chi connectivity index (χ1n) is 7.17. The predicted molar refractivity (Wildman–Crippen MR) is 77.3 cm³/mol. The summed E-state index contributed by atoms with van der Waals surface area (Å²) in [5.41, 5.74) is 1.46. The highest BCUT2D eigenvalue weighted by atomic mass is 16.1. The van der Waals surface area contributed by atoms with Gasteiger partial charge in [0.25, 0.3) is 5.91 Å². The molecule has 104 valence electrons. The van der Waals surface area contributed by atoms with Gasteiger partial charge in [-0.3, -0.25) is 9.78 Å². The summed E-state index contributed by atoms with van der Waals surface area (Å²) in [6.45, 7) is 2.23. The number of carbonyl (C=O) groups is 1. The van der Waals surface area contributed by atoms with Crippen LogP contribution in [0.15, 0.2) is 18.5 Å². The lowest BCUT2D eigenvalue weighted by Gasteiger charge is -2.29. The molecule has 1 saturated carbocycles. The van der Waals surface area contributed by atoms with E-state index in [-0.39, 0.29) is 5.91 Å². The molecular formula is C15H23N3O. The van der Waals surface area contributed by atoms with Crippen molar-refractivity contribution >= 4 is 11.6 Å². The van der Waals surface area contributed by atoms with Crippen LogP contribution in [0.4, 0.5) is 5.69 Å². The van der Waals surface area contributed by atoms with Crippen LogP contribution < -0.4 is 10.6 Å². The molecule has 1 fully saturated rings. The normalized spacial score (nSPS) is 22.8. The third kappa shape index (κ3) is 3.46. The fraction of sp³-hybridized carbons (Fsp3) is 0.600. The van der Waals surface area contributed by atoms with Gasteiger partial charge in [-0.25, -0.2) is 0 Å². The fourth-order valence-corrected chi connectivity index (χ4v) is 2.85. The number of aromatic nitrogens is 1. The van der Waals surface area contributed by atoms with E-state index in [1.165, 1.54) is 19.3 Å². The number of carbonyl (C=O) groups excluding carboxylic acids is 1. The van der Waals surface area contributed by atoms with Gasteiger partial charge in [0.2, 0.25) is 0 Å². The molecule has 1 heterocycles. The first-order valence-corrected chi connectivity index (χ1v) is 7.17. The Morgan fingerprint density at radius 2 is 2.32 bits per heavy atom. The second kappa shape index (κ2) is 6.55. The van der Waals surface area contributed by atoms with E-state index in [1.54, 1.807) is 18.5 Å². The molecule has 1 aromatic heterocycles. The van der Waals surface area contributed by atoms with E-state index in [2.05, 4.69) is 22.5 Å². The van der Waals surface area contributed by atoms with Crippen molar-refractivity contribution in [3.05, 3.63) is 24.0 Å². The molecule has 1 amide bonds. The van der Waals surface area contributed by atoms with Crippen molar-refractivity contribution in [2.24, 2.45) is 5.92 Å². The number of hydrogen-bond donors (Lipinski definition) is 2. The summed E-state index contributed by atoms with van der Waals surface area (Å²) >= 11 is 0. The standard InChI is InChI=1S/C15H23N3O/c1-3-11-5-4-6-12(9-11)18-15(19)13-7-8-17-10-14(13)16-2/h7-8,10-12,16H,3-6,9H2,1-2H3,(H,18,19). The van der Waals surface area contributed by atoms with Crippen LogP contribution in [0.1, 0.15) is 49.4 Å². The van der Waals surface area contributed by atoms with E-state index in [0.29, 0.717) is 11.6 Å². The maximum atomic E-state index is 12.3. The highest BCUT2D eigenvalue weighted by Gasteiger charge is 2.23. The van der Waals surface area contributed by atoms with Gasteiger partial charge in [-0.05, 0) is 24.8 Å². The monoisotopic (exact) mass is 261 g/mol. The molecule has 0 saturated heterocycles. The first-order chi connectivity index (χ1) is 9.24. The van der Waals surface area contributed by atoms with Crippen molar-refractivity contribution in [2.45, 2.75) is 45.1 Å². The summed E-state index contributed by atoms with van der Waals surface area (Å²) in [5.74, 6) is 0.772. The largest absolute Gasteiger partial charge is 0.386 e. The van der Waals surface area contributed by atoms with Crippen LogP contribution in [-0.4, -0.2) is 24.0 Å². The molecule has 0 radical (unpaired) electrons. The van der Waals surface area contributed by atoms with Crippen molar-refractivity contribution in [2.75, 3.05) is 12.4 Å². The van der Waals surface area contributed by atoms with Crippen LogP contribution in [-0.2, 0) is 0 Å². The minimum atomic E-state index is 0.00787. The summed E-state index contributed by atoms with van der Waals surface area (Å²) in [4.78, 5) is 16.3. The first kappa shape index (κ1) is 13.8. The maximum absolute atomic E-state index is 12.3. The molecule has 1 aliphatic carbocycles. The van der Waals surface area contributed by atoms with Crippen LogP contribution in [0, 0.1) is 5.92 Å². The van der Waals surface area contributed by atoms with Crippen LogP contribution in [0.2, 0.25) is 0 Å². The van der Waals surface area contributed by atoms with E-state index in [9.17, 15) is 4.79 Å². The number of amides is 1. The number of nitrogens with one attached hydrogen (secondary N) is 2. The zero-order chi connectivity index (χ0) is 13.7. The lowest BCUT2D eigenvalue weighted by molar-refractivity contribution is 0.0920. The van der Waals surface area contributed by atoms with E-state index in [1.807, 2.05) is 7.05 Å². The molecule has 4 nitrogen and oxygen atoms in total. The van der Waals surface area contributed by atoms with Gasteiger partial charge in [-0.1, -0.05) is 26.2 Å². The van der Waals surface area contributed by atoms with Gasteiger partial charge in [0.05, 0.1) is 17.4 Å². The molecule has 2 unspecified atom stereocenters. The molecule has 0 spiro atoms. The molecule has 4 heteroatoms. The minimum Gasteiger partial charge on any atom is -0.386 e. The number of nitrogens with zero attached hydrogens (tertiary/aromatic N) is 1. The smallest absolute Gasteiger partial charge is 0.253 e. The van der Waals surface area contributed by atoms with E-state index in [4.69, 9.17) is 0 Å². The molecule has 0 bridgehead atoms. The van der Waals surface area contributed by atoms with Crippen LogP contribution in [0.3, 0.4) is 0 Å². The number of pyridine rings is 1. The highest BCUT2D eigenvalue weighted by molar-refractivity contribution is 5.99. The lowest BCUT2D eigenvalue weighted by Crippen LogP contribution is -2.38. The third-order valence-corrected chi connectivity index (χ3v) is 4.03. The number of hydrogen-bond acceptors (Lipinski definition) is 3. The molecule has 2 rings (SSSR count). The van der Waals surface area contributed by atoms with Crippen molar-refractivity contribution < 1.29 is 4.79 Å². The molecule has 0 aromatic carbocycles. The molecular weight excluding hydrogens is 238 g/mol. The Bertz CT molecular complexity index is 433. The fourth-order valence-electron chi connectivity index (χ4n) is 2.85. The van der Waals surface area contributed by atoms with E-state index in [0.717, 1.165) is 24.4 Å². The zero-order valence-electron chi connectivity index (χ0n) is 11.8. The SMILES string of the molecule is CCC1CCCC(NC(=O)c2ccncc2NC)C1. The second-order valence-corrected chi connectivity index (χ2v) is 5.28. The van der Waals surface area contributed by atoms with Crippen molar-refractivity contribution in [3.63, 3.8) is 0 Å². The van der Waals surface area contributed by atoms with Gasteiger partial charge in [-0.2, -0.15) is 0 Å². The Hall–Kier alpha value is -1.58. The van der Waals surface area contributed by atoms with Gasteiger partial charge in [0.1, 0.15) is 0 Å². The van der Waals surface area contributed by atoms with Crippen molar-refractivity contribution in [1.29, 1.82) is 0 Å². The highest BCUT2D eigenvalue weighted by Crippen LogP contribution is 2.27. The molecule has 0 aliphatic heterocycles. The average Bonchev–Trinajstić information content (AvgIpc) is 2.47. The molecule has 2 atom stereocenters. The Kier molecular flexibility index (Phi) is 4.77. The van der Waals surface area contributed by atoms with Gasteiger partial charge >= 0.3 is 0 Å². The van der Waals surface area contributed by atoms with Crippen LogP contribution in [0.25, 0.3) is 0 Å². The van der Waals surface area contributed by atoms with Gasteiger partial charge in [-0.15, -0.1) is 0 Å². The topological polar surface area (TPSA) is 54.0 Å².